The zero-order valence-corrected chi connectivity index (χ0v) is 21.9. The van der Waals surface area contributed by atoms with Gasteiger partial charge in [-0.25, -0.2) is 4.39 Å². The highest BCUT2D eigenvalue weighted by atomic mass is 35.5. The van der Waals surface area contributed by atoms with Gasteiger partial charge in [0, 0.05) is 37.1 Å². The van der Waals surface area contributed by atoms with Gasteiger partial charge in [-0.15, -0.1) is 23.7 Å². The van der Waals surface area contributed by atoms with Crippen molar-refractivity contribution in [3.05, 3.63) is 83.1 Å². The van der Waals surface area contributed by atoms with E-state index >= 15 is 0 Å². The van der Waals surface area contributed by atoms with Crippen LogP contribution in [0.4, 0.5) is 10.1 Å². The van der Waals surface area contributed by atoms with Gasteiger partial charge in [-0.2, -0.15) is 0 Å². The van der Waals surface area contributed by atoms with E-state index in [1.165, 1.54) is 23.5 Å². The van der Waals surface area contributed by atoms with Crippen molar-refractivity contribution in [2.24, 2.45) is 0 Å². The normalized spacial score (nSPS) is 12.3. The second kappa shape index (κ2) is 11.6. The smallest absolute Gasteiger partial charge is 0.264 e. The SMILES string of the molecule is Cl.O=C(Cc1ccccc1)NC(=S)Nc1ccc(Oc2ccnc3cc(C(=O)N4CCC4)sc23)c(F)c1. The molecule has 3 heterocycles. The molecule has 1 aliphatic heterocycles. The Kier molecular flexibility index (Phi) is 8.32. The summed E-state index contributed by atoms with van der Waals surface area (Å²) in [7, 11) is 0. The van der Waals surface area contributed by atoms with Gasteiger partial charge in [0.2, 0.25) is 5.91 Å². The molecule has 0 atom stereocenters. The fourth-order valence-electron chi connectivity index (χ4n) is 3.67. The predicted molar refractivity (Wildman–Crippen MR) is 148 cm³/mol. The van der Waals surface area contributed by atoms with Crippen molar-refractivity contribution in [3.63, 3.8) is 0 Å². The maximum absolute atomic E-state index is 14.9. The van der Waals surface area contributed by atoms with Crippen LogP contribution in [0.25, 0.3) is 10.2 Å². The Balaban J connectivity index is 0.00000320. The van der Waals surface area contributed by atoms with Gasteiger partial charge in [-0.1, -0.05) is 30.3 Å². The standard InChI is InChI=1S/C26H21FN4O3S2.ClH/c27-18-14-17(29-26(35)30-23(32)13-16-5-2-1-3-6-16)7-8-20(18)34-21-9-10-28-19-15-22(36-24(19)21)25(33)31-11-4-12-31;/h1-3,5-10,14-15H,4,11-13H2,(H2,29,30,32,35);1H. The molecule has 7 nitrogen and oxygen atoms in total. The number of pyridine rings is 1. The largest absolute Gasteiger partial charge is 0.453 e. The molecule has 190 valence electrons. The lowest BCUT2D eigenvalue weighted by molar-refractivity contribution is -0.119. The number of halogens is 2. The molecule has 1 fully saturated rings. The number of hydrogen-bond donors (Lipinski definition) is 2. The molecule has 4 aromatic rings. The molecule has 0 bridgehead atoms. The number of nitrogens with zero attached hydrogens (tertiary/aromatic N) is 2. The Morgan fingerprint density at radius 3 is 2.57 bits per heavy atom. The number of carbonyl (C=O) groups is 2. The fraction of sp³-hybridized carbons (Fsp3) is 0.154. The maximum atomic E-state index is 14.9. The number of fused-ring (bicyclic) bond motifs is 1. The zero-order valence-electron chi connectivity index (χ0n) is 19.4. The summed E-state index contributed by atoms with van der Waals surface area (Å²) < 4.78 is 21.4. The number of amides is 2. The Labute approximate surface area is 228 Å². The van der Waals surface area contributed by atoms with Gasteiger partial charge in [0.15, 0.2) is 16.7 Å². The Morgan fingerprint density at radius 1 is 1.08 bits per heavy atom. The summed E-state index contributed by atoms with van der Waals surface area (Å²) in [5, 5.41) is 5.47. The van der Waals surface area contributed by atoms with Crippen LogP contribution in [-0.2, 0) is 11.2 Å². The Bertz CT molecular complexity index is 1460. The van der Waals surface area contributed by atoms with Crippen LogP contribution in [0.3, 0.4) is 0 Å². The van der Waals surface area contributed by atoms with Gasteiger partial charge in [0.1, 0.15) is 5.75 Å². The number of likely N-dealkylation sites (tertiary alicyclic amines) is 1. The van der Waals surface area contributed by atoms with Crippen molar-refractivity contribution in [3.8, 4) is 11.5 Å². The minimum atomic E-state index is -0.614. The van der Waals surface area contributed by atoms with Gasteiger partial charge in [-0.05, 0) is 42.4 Å². The lowest BCUT2D eigenvalue weighted by Gasteiger charge is -2.30. The minimum absolute atomic E-state index is 0. The van der Waals surface area contributed by atoms with Gasteiger partial charge < -0.3 is 20.3 Å². The fourth-order valence-corrected chi connectivity index (χ4v) is 4.94. The van der Waals surface area contributed by atoms with Crippen molar-refractivity contribution in [1.29, 1.82) is 0 Å². The van der Waals surface area contributed by atoms with E-state index in [2.05, 4.69) is 15.6 Å². The molecule has 2 aromatic carbocycles. The minimum Gasteiger partial charge on any atom is -0.453 e. The van der Waals surface area contributed by atoms with E-state index in [1.807, 2.05) is 30.3 Å². The summed E-state index contributed by atoms with van der Waals surface area (Å²) in [5.74, 6) is -0.490. The van der Waals surface area contributed by atoms with Crippen LogP contribution in [0.15, 0.2) is 66.9 Å². The van der Waals surface area contributed by atoms with Gasteiger partial charge in [0.25, 0.3) is 5.91 Å². The molecule has 2 amide bonds. The van der Waals surface area contributed by atoms with E-state index in [9.17, 15) is 14.0 Å². The summed E-state index contributed by atoms with van der Waals surface area (Å²) >= 11 is 6.47. The molecule has 0 saturated carbocycles. The summed E-state index contributed by atoms with van der Waals surface area (Å²) in [6.07, 6.45) is 2.75. The average Bonchev–Trinajstić information content (AvgIpc) is 3.26. The molecule has 37 heavy (non-hydrogen) atoms. The third kappa shape index (κ3) is 6.22. The highest BCUT2D eigenvalue weighted by Gasteiger charge is 2.24. The molecule has 5 rings (SSSR count). The molecule has 0 unspecified atom stereocenters. The van der Waals surface area contributed by atoms with Crippen LogP contribution >= 0.6 is 36.0 Å². The first-order valence-corrected chi connectivity index (χ1v) is 12.5. The van der Waals surface area contributed by atoms with E-state index in [0.717, 1.165) is 25.1 Å². The van der Waals surface area contributed by atoms with Crippen molar-refractivity contribution in [1.82, 2.24) is 15.2 Å². The number of nitrogens with one attached hydrogen (secondary N) is 2. The van der Waals surface area contributed by atoms with Crippen LogP contribution < -0.4 is 15.4 Å². The third-order valence-corrected chi connectivity index (χ3v) is 6.93. The molecule has 1 saturated heterocycles. The number of rotatable bonds is 6. The molecule has 0 aliphatic carbocycles. The highest BCUT2D eigenvalue weighted by Crippen LogP contribution is 2.36. The van der Waals surface area contributed by atoms with Crippen molar-refractivity contribution < 1.29 is 18.7 Å². The number of benzene rings is 2. The topological polar surface area (TPSA) is 83.6 Å². The Hall–Kier alpha value is -3.60. The molecular formula is C26H22ClFN4O3S2. The monoisotopic (exact) mass is 556 g/mol. The number of thiocarbonyl (C=S) groups is 1. The molecule has 0 radical (unpaired) electrons. The molecule has 0 spiro atoms. The second-order valence-electron chi connectivity index (χ2n) is 8.19. The van der Waals surface area contributed by atoms with Crippen LogP contribution in [0, 0.1) is 5.82 Å². The maximum Gasteiger partial charge on any atom is 0.264 e. The zero-order chi connectivity index (χ0) is 25.1. The summed E-state index contributed by atoms with van der Waals surface area (Å²) in [6, 6.07) is 17.0. The summed E-state index contributed by atoms with van der Waals surface area (Å²) in [5.41, 5.74) is 1.85. The van der Waals surface area contributed by atoms with Gasteiger partial charge in [-0.3, -0.25) is 14.6 Å². The van der Waals surface area contributed by atoms with Crippen LogP contribution in [-0.4, -0.2) is 39.9 Å². The number of carbonyl (C=O) groups excluding carboxylic acids is 2. The number of thiophene rings is 1. The lowest BCUT2D eigenvalue weighted by atomic mass is 10.1. The van der Waals surface area contributed by atoms with E-state index in [4.69, 9.17) is 17.0 Å². The number of aromatic nitrogens is 1. The van der Waals surface area contributed by atoms with E-state index < -0.39 is 5.82 Å². The van der Waals surface area contributed by atoms with Crippen molar-refractivity contribution >= 4 is 68.8 Å². The number of ether oxygens (including phenoxy) is 1. The molecule has 2 N–H and O–H groups in total. The lowest BCUT2D eigenvalue weighted by Crippen LogP contribution is -2.41. The average molecular weight is 557 g/mol. The van der Waals surface area contributed by atoms with Crippen molar-refractivity contribution in [2.45, 2.75) is 12.8 Å². The summed E-state index contributed by atoms with van der Waals surface area (Å²) in [4.78, 5) is 31.4. The Morgan fingerprint density at radius 2 is 1.86 bits per heavy atom. The van der Waals surface area contributed by atoms with E-state index in [-0.39, 0.29) is 41.5 Å². The molecule has 11 heteroatoms. The van der Waals surface area contributed by atoms with E-state index in [0.29, 0.717) is 26.5 Å². The molecule has 2 aromatic heterocycles. The van der Waals surface area contributed by atoms with Crippen LogP contribution in [0.5, 0.6) is 11.5 Å². The first kappa shape index (κ1) is 26.5. The quantitative estimate of drug-likeness (QED) is 0.303. The first-order valence-electron chi connectivity index (χ1n) is 11.3. The summed E-state index contributed by atoms with van der Waals surface area (Å²) in [6.45, 7) is 1.52. The van der Waals surface area contributed by atoms with E-state index in [1.54, 1.807) is 29.3 Å². The third-order valence-electron chi connectivity index (χ3n) is 5.60. The second-order valence-corrected chi connectivity index (χ2v) is 9.65. The molecular weight excluding hydrogens is 535 g/mol. The number of anilines is 1. The first-order chi connectivity index (χ1) is 17.5. The molecule has 1 aliphatic rings. The van der Waals surface area contributed by atoms with Gasteiger partial charge in [0.05, 0.1) is 21.5 Å². The highest BCUT2D eigenvalue weighted by molar-refractivity contribution is 7.80. The van der Waals surface area contributed by atoms with Gasteiger partial charge >= 0.3 is 0 Å². The number of hydrogen-bond acceptors (Lipinski definition) is 6. The van der Waals surface area contributed by atoms with Crippen LogP contribution in [0.1, 0.15) is 21.7 Å². The predicted octanol–water partition coefficient (Wildman–Crippen LogP) is 5.55. The van der Waals surface area contributed by atoms with Crippen LogP contribution in [0.2, 0.25) is 0 Å². The van der Waals surface area contributed by atoms with Crippen molar-refractivity contribution in [2.75, 3.05) is 18.4 Å².